The Hall–Kier alpha value is -0.550. The van der Waals surface area contributed by atoms with Crippen molar-refractivity contribution in [2.75, 3.05) is 0 Å². The second-order valence-electron chi connectivity index (χ2n) is 2.98. The first-order valence-corrected chi connectivity index (χ1v) is 3.04. The lowest BCUT2D eigenvalue weighted by atomic mass is 9.99. The van der Waals surface area contributed by atoms with Gasteiger partial charge in [-0.05, 0) is 6.92 Å². The van der Waals surface area contributed by atoms with Gasteiger partial charge in [0.05, 0.1) is 12.5 Å². The summed E-state index contributed by atoms with van der Waals surface area (Å²) >= 11 is 0. The zero-order chi connectivity index (χ0) is 7.49. The van der Waals surface area contributed by atoms with E-state index in [0.717, 1.165) is 0 Å². The number of aliphatic hydroxyl groups excluding tert-OH is 1. The summed E-state index contributed by atoms with van der Waals surface area (Å²) in [4.78, 5) is 3.35. The van der Waals surface area contributed by atoms with Crippen LogP contribution in [0.4, 0.5) is 0 Å². The summed E-state index contributed by atoms with van der Waals surface area (Å²) in [6, 6.07) is 0. The minimum absolute atomic E-state index is 0.367. The molecular formula is C7H13NO. The maximum absolute atomic E-state index is 8.88. The van der Waals surface area contributed by atoms with Crippen molar-refractivity contribution < 1.29 is 5.11 Å². The third-order valence-corrected chi connectivity index (χ3v) is 1.10. The van der Waals surface area contributed by atoms with E-state index in [1.807, 2.05) is 13.8 Å². The highest BCUT2D eigenvalue weighted by Gasteiger charge is 2.24. The molecule has 0 aromatic heterocycles. The molecule has 52 valence electrons. The van der Waals surface area contributed by atoms with Gasteiger partial charge in [-0.25, -0.2) is 6.57 Å². The second kappa shape index (κ2) is 2.84. The van der Waals surface area contributed by atoms with Gasteiger partial charge in [0.25, 0.3) is 0 Å². The van der Waals surface area contributed by atoms with E-state index in [0.29, 0.717) is 6.42 Å². The van der Waals surface area contributed by atoms with E-state index in [-0.39, 0.29) is 6.10 Å². The Labute approximate surface area is 56.3 Å². The van der Waals surface area contributed by atoms with Gasteiger partial charge in [0.15, 0.2) is 0 Å². The standard InChI is InChI=1S/C7H13NO/c1-6(9)5-7(2,3)8-4/h6,9H,5H2,1-3H3. The first-order chi connectivity index (χ1) is 3.98. The van der Waals surface area contributed by atoms with Gasteiger partial charge in [-0.15, -0.1) is 0 Å². The van der Waals surface area contributed by atoms with Gasteiger partial charge in [0.1, 0.15) is 0 Å². The Bertz CT molecular complexity index is 121. The van der Waals surface area contributed by atoms with Gasteiger partial charge in [0, 0.05) is 13.8 Å². The van der Waals surface area contributed by atoms with Crippen LogP contribution in [0.3, 0.4) is 0 Å². The fraction of sp³-hybridized carbons (Fsp3) is 0.857. The van der Waals surface area contributed by atoms with E-state index in [1.54, 1.807) is 6.92 Å². The monoisotopic (exact) mass is 127 g/mol. The minimum Gasteiger partial charge on any atom is -0.393 e. The van der Waals surface area contributed by atoms with Gasteiger partial charge in [-0.2, -0.15) is 0 Å². The van der Waals surface area contributed by atoms with Crippen LogP contribution in [0.25, 0.3) is 4.85 Å². The quantitative estimate of drug-likeness (QED) is 0.558. The predicted molar refractivity (Wildman–Crippen MR) is 37.0 cm³/mol. The Balaban J connectivity index is 3.76. The molecule has 2 nitrogen and oxygen atoms in total. The Morgan fingerprint density at radius 1 is 1.67 bits per heavy atom. The largest absolute Gasteiger partial charge is 0.393 e. The molecule has 0 aliphatic rings. The summed E-state index contributed by atoms with van der Waals surface area (Å²) in [6.45, 7) is 12.1. The molecule has 0 bridgehead atoms. The van der Waals surface area contributed by atoms with Gasteiger partial charge in [0.2, 0.25) is 5.54 Å². The first-order valence-electron chi connectivity index (χ1n) is 3.04. The summed E-state index contributed by atoms with van der Waals surface area (Å²) in [6.07, 6.45) is 0.186. The maximum atomic E-state index is 8.88. The number of hydrogen-bond donors (Lipinski definition) is 1. The molecule has 0 aromatic carbocycles. The lowest BCUT2D eigenvalue weighted by Gasteiger charge is -2.11. The average molecular weight is 127 g/mol. The molecule has 0 aliphatic heterocycles. The minimum atomic E-state index is -0.395. The predicted octanol–water partition coefficient (Wildman–Crippen LogP) is 1.46. The third-order valence-electron chi connectivity index (χ3n) is 1.10. The smallest absolute Gasteiger partial charge is 0.229 e. The Morgan fingerprint density at radius 2 is 2.11 bits per heavy atom. The topological polar surface area (TPSA) is 24.6 Å². The summed E-state index contributed by atoms with van der Waals surface area (Å²) in [5.41, 5.74) is -0.395. The summed E-state index contributed by atoms with van der Waals surface area (Å²) < 4.78 is 0. The van der Waals surface area contributed by atoms with Crippen LogP contribution in [0.1, 0.15) is 27.2 Å². The normalized spacial score (nSPS) is 14.6. The molecule has 1 unspecified atom stereocenters. The van der Waals surface area contributed by atoms with Crippen molar-refractivity contribution in [3.63, 3.8) is 0 Å². The zero-order valence-electron chi connectivity index (χ0n) is 6.18. The zero-order valence-corrected chi connectivity index (χ0v) is 6.18. The molecule has 0 spiro atoms. The molecule has 0 rings (SSSR count). The van der Waals surface area contributed by atoms with Crippen LogP contribution < -0.4 is 0 Å². The molecule has 0 fully saturated rings. The molecule has 0 aromatic rings. The van der Waals surface area contributed by atoms with Crippen LogP contribution in [0.15, 0.2) is 0 Å². The van der Waals surface area contributed by atoms with Crippen LogP contribution in [0, 0.1) is 6.57 Å². The molecule has 0 amide bonds. The number of aliphatic hydroxyl groups is 1. The molecule has 9 heavy (non-hydrogen) atoms. The van der Waals surface area contributed by atoms with E-state index in [4.69, 9.17) is 11.7 Å². The van der Waals surface area contributed by atoms with Gasteiger partial charge < -0.3 is 9.95 Å². The van der Waals surface area contributed by atoms with E-state index in [2.05, 4.69) is 4.85 Å². The fourth-order valence-electron chi connectivity index (χ4n) is 0.769. The summed E-state index contributed by atoms with van der Waals surface area (Å²) in [5, 5.41) is 8.88. The van der Waals surface area contributed by atoms with E-state index in [9.17, 15) is 0 Å². The molecule has 0 aliphatic carbocycles. The van der Waals surface area contributed by atoms with E-state index >= 15 is 0 Å². The van der Waals surface area contributed by atoms with Crippen LogP contribution in [0.5, 0.6) is 0 Å². The van der Waals surface area contributed by atoms with E-state index in [1.165, 1.54) is 0 Å². The maximum Gasteiger partial charge on any atom is 0.229 e. The van der Waals surface area contributed by atoms with Crippen molar-refractivity contribution >= 4 is 0 Å². The molecule has 0 saturated heterocycles. The summed E-state index contributed by atoms with van der Waals surface area (Å²) in [7, 11) is 0. The van der Waals surface area contributed by atoms with Crippen LogP contribution in [0.2, 0.25) is 0 Å². The highest BCUT2D eigenvalue weighted by molar-refractivity contribution is 4.90. The van der Waals surface area contributed by atoms with Gasteiger partial charge >= 0.3 is 0 Å². The van der Waals surface area contributed by atoms with Crippen molar-refractivity contribution in [1.82, 2.24) is 0 Å². The Morgan fingerprint density at radius 3 is 2.22 bits per heavy atom. The lowest BCUT2D eigenvalue weighted by Crippen LogP contribution is -2.20. The second-order valence-corrected chi connectivity index (χ2v) is 2.98. The number of hydrogen-bond acceptors (Lipinski definition) is 1. The first kappa shape index (κ1) is 8.45. The molecule has 1 atom stereocenters. The molecule has 0 saturated carbocycles. The van der Waals surface area contributed by atoms with Crippen molar-refractivity contribution in [3.05, 3.63) is 11.4 Å². The van der Waals surface area contributed by atoms with Crippen molar-refractivity contribution in [2.24, 2.45) is 0 Å². The van der Waals surface area contributed by atoms with Gasteiger partial charge in [-0.3, -0.25) is 0 Å². The average Bonchev–Trinajstić information content (AvgIpc) is 1.63. The third kappa shape index (κ3) is 3.99. The summed E-state index contributed by atoms with van der Waals surface area (Å²) in [5.74, 6) is 0. The highest BCUT2D eigenvalue weighted by atomic mass is 16.3. The van der Waals surface area contributed by atoms with Crippen LogP contribution >= 0.6 is 0 Å². The molecule has 2 heteroatoms. The van der Waals surface area contributed by atoms with Crippen molar-refractivity contribution in [2.45, 2.75) is 38.8 Å². The molecule has 1 N–H and O–H groups in total. The van der Waals surface area contributed by atoms with Crippen LogP contribution in [-0.4, -0.2) is 16.7 Å². The fourth-order valence-corrected chi connectivity index (χ4v) is 0.769. The number of nitrogens with zero attached hydrogens (tertiary/aromatic N) is 1. The highest BCUT2D eigenvalue weighted by Crippen LogP contribution is 2.15. The molecule has 0 heterocycles. The number of rotatable bonds is 2. The van der Waals surface area contributed by atoms with Crippen molar-refractivity contribution in [1.29, 1.82) is 0 Å². The van der Waals surface area contributed by atoms with Crippen molar-refractivity contribution in [3.8, 4) is 0 Å². The lowest BCUT2D eigenvalue weighted by molar-refractivity contribution is 0.167. The Kier molecular flexibility index (Phi) is 2.66. The van der Waals surface area contributed by atoms with E-state index < -0.39 is 5.54 Å². The molecular weight excluding hydrogens is 114 g/mol. The molecule has 0 radical (unpaired) electrons. The van der Waals surface area contributed by atoms with Crippen LogP contribution in [-0.2, 0) is 0 Å². The van der Waals surface area contributed by atoms with Gasteiger partial charge in [-0.1, -0.05) is 0 Å². The SMILES string of the molecule is [C-]#[N+]C(C)(C)CC(C)O.